The average Bonchev–Trinajstić information content (AvgIpc) is 2.34. The Labute approximate surface area is 101 Å². The van der Waals surface area contributed by atoms with Gasteiger partial charge in [0.25, 0.3) is 0 Å². The number of halogens is 1. The highest BCUT2D eigenvalue weighted by Crippen LogP contribution is 2.18. The number of methoxy groups -OCH3 is 1. The van der Waals surface area contributed by atoms with Gasteiger partial charge in [-0.1, -0.05) is 11.8 Å². The standard InChI is InChI=1S/C13H12ClNO/c1-16-13-7-6-11(10-15)9-12(13)5-3-2-4-8-14/h6-7,9H,2,4,8H2,1H3. The number of unbranched alkanes of at least 4 members (excludes halogenated alkanes) is 1. The molecule has 0 bridgehead atoms. The maximum absolute atomic E-state index is 8.78. The van der Waals surface area contributed by atoms with Crippen molar-refractivity contribution in [3.63, 3.8) is 0 Å². The fourth-order valence-corrected chi connectivity index (χ4v) is 1.32. The smallest absolute Gasteiger partial charge is 0.134 e. The third-order valence-electron chi connectivity index (χ3n) is 1.99. The molecule has 0 radical (unpaired) electrons. The number of nitrogens with zero attached hydrogens (tertiary/aromatic N) is 1. The van der Waals surface area contributed by atoms with Crippen molar-refractivity contribution >= 4 is 11.6 Å². The van der Waals surface area contributed by atoms with E-state index in [-0.39, 0.29) is 0 Å². The molecule has 0 N–H and O–H groups in total. The van der Waals surface area contributed by atoms with Crippen LogP contribution in [-0.4, -0.2) is 13.0 Å². The Hall–Kier alpha value is -1.64. The fourth-order valence-electron chi connectivity index (χ4n) is 1.19. The van der Waals surface area contributed by atoms with Gasteiger partial charge >= 0.3 is 0 Å². The second-order valence-corrected chi connectivity index (χ2v) is 3.50. The predicted octanol–water partition coefficient (Wildman–Crippen LogP) is 2.94. The lowest BCUT2D eigenvalue weighted by molar-refractivity contribution is 0.413. The first kappa shape index (κ1) is 12.4. The second-order valence-electron chi connectivity index (χ2n) is 3.12. The minimum atomic E-state index is 0.586. The molecule has 0 saturated heterocycles. The summed E-state index contributed by atoms with van der Waals surface area (Å²) >= 11 is 5.55. The van der Waals surface area contributed by atoms with Crippen molar-refractivity contribution in [2.75, 3.05) is 13.0 Å². The molecule has 0 unspecified atom stereocenters. The molecule has 0 amide bonds. The number of rotatable bonds is 3. The largest absolute Gasteiger partial charge is 0.495 e. The number of alkyl halides is 1. The summed E-state index contributed by atoms with van der Waals surface area (Å²) in [6, 6.07) is 7.27. The molecule has 0 aliphatic rings. The summed E-state index contributed by atoms with van der Waals surface area (Å²) in [5.74, 6) is 7.30. The third-order valence-corrected chi connectivity index (χ3v) is 2.25. The fraction of sp³-hybridized carbons (Fsp3) is 0.308. The van der Waals surface area contributed by atoms with E-state index >= 15 is 0 Å². The summed E-state index contributed by atoms with van der Waals surface area (Å²) in [5, 5.41) is 8.78. The summed E-state index contributed by atoms with van der Waals surface area (Å²) in [4.78, 5) is 0. The van der Waals surface area contributed by atoms with E-state index in [2.05, 4.69) is 17.9 Å². The highest BCUT2D eigenvalue weighted by atomic mass is 35.5. The van der Waals surface area contributed by atoms with E-state index < -0.39 is 0 Å². The van der Waals surface area contributed by atoms with Gasteiger partial charge in [0.1, 0.15) is 5.75 Å². The monoisotopic (exact) mass is 233 g/mol. The Morgan fingerprint density at radius 3 is 2.88 bits per heavy atom. The lowest BCUT2D eigenvalue weighted by Gasteiger charge is -2.02. The van der Waals surface area contributed by atoms with Gasteiger partial charge in [-0.05, 0) is 24.6 Å². The summed E-state index contributed by atoms with van der Waals surface area (Å²) < 4.78 is 5.16. The van der Waals surface area contributed by atoms with E-state index in [9.17, 15) is 0 Å². The number of hydrogen-bond donors (Lipinski definition) is 0. The number of hydrogen-bond acceptors (Lipinski definition) is 2. The van der Waals surface area contributed by atoms with Crippen LogP contribution in [0, 0.1) is 23.2 Å². The number of nitriles is 1. The van der Waals surface area contributed by atoms with Crippen LogP contribution in [0.3, 0.4) is 0 Å². The summed E-state index contributed by atoms with van der Waals surface area (Å²) in [7, 11) is 1.59. The molecule has 16 heavy (non-hydrogen) atoms. The number of ether oxygens (including phenoxy) is 1. The zero-order valence-electron chi connectivity index (χ0n) is 9.09. The van der Waals surface area contributed by atoms with Crippen LogP contribution in [0.1, 0.15) is 24.0 Å². The zero-order chi connectivity index (χ0) is 11.8. The van der Waals surface area contributed by atoms with Crippen LogP contribution in [0.5, 0.6) is 5.75 Å². The number of benzene rings is 1. The molecule has 0 aliphatic carbocycles. The Kier molecular flexibility index (Phi) is 5.26. The lowest BCUT2D eigenvalue weighted by atomic mass is 10.1. The summed E-state index contributed by atoms with van der Waals surface area (Å²) in [5.41, 5.74) is 1.33. The minimum absolute atomic E-state index is 0.586. The van der Waals surface area contributed by atoms with E-state index in [1.165, 1.54) is 0 Å². The summed E-state index contributed by atoms with van der Waals surface area (Å²) in [6.07, 6.45) is 1.62. The van der Waals surface area contributed by atoms with Crippen LogP contribution < -0.4 is 4.74 Å². The van der Waals surface area contributed by atoms with Crippen molar-refractivity contribution in [3.05, 3.63) is 29.3 Å². The van der Waals surface area contributed by atoms with Crippen molar-refractivity contribution in [2.24, 2.45) is 0 Å². The normalized spacial score (nSPS) is 8.81. The topological polar surface area (TPSA) is 33.0 Å². The molecule has 1 rings (SSSR count). The summed E-state index contributed by atoms with van der Waals surface area (Å²) in [6.45, 7) is 0. The molecule has 0 fully saturated rings. The molecule has 0 spiro atoms. The van der Waals surface area contributed by atoms with E-state index in [1.54, 1.807) is 25.3 Å². The van der Waals surface area contributed by atoms with Crippen LogP contribution in [0.2, 0.25) is 0 Å². The van der Waals surface area contributed by atoms with E-state index in [4.69, 9.17) is 21.6 Å². The first-order valence-corrected chi connectivity index (χ1v) is 5.48. The van der Waals surface area contributed by atoms with Gasteiger partial charge in [0.05, 0.1) is 24.3 Å². The molecule has 0 atom stereocenters. The van der Waals surface area contributed by atoms with Crippen molar-refractivity contribution in [1.82, 2.24) is 0 Å². The second kappa shape index (κ2) is 6.77. The maximum Gasteiger partial charge on any atom is 0.134 e. The van der Waals surface area contributed by atoms with Gasteiger partial charge in [-0.3, -0.25) is 0 Å². The van der Waals surface area contributed by atoms with E-state index in [0.29, 0.717) is 17.2 Å². The third kappa shape index (κ3) is 3.50. The first-order valence-electron chi connectivity index (χ1n) is 4.94. The molecule has 3 heteroatoms. The van der Waals surface area contributed by atoms with Crippen LogP contribution in [0.15, 0.2) is 18.2 Å². The van der Waals surface area contributed by atoms with Gasteiger partial charge in [0, 0.05) is 12.3 Å². The van der Waals surface area contributed by atoms with Gasteiger partial charge in [-0.15, -0.1) is 11.6 Å². The molecular formula is C13H12ClNO. The quantitative estimate of drug-likeness (QED) is 0.457. The van der Waals surface area contributed by atoms with Crippen molar-refractivity contribution in [2.45, 2.75) is 12.8 Å². The molecule has 0 saturated carbocycles. The Morgan fingerprint density at radius 2 is 2.25 bits per heavy atom. The van der Waals surface area contributed by atoms with Crippen LogP contribution in [0.25, 0.3) is 0 Å². The molecular weight excluding hydrogens is 222 g/mol. The average molecular weight is 234 g/mol. The molecule has 82 valence electrons. The molecule has 2 nitrogen and oxygen atoms in total. The van der Waals surface area contributed by atoms with Crippen LogP contribution in [0.4, 0.5) is 0 Å². The lowest BCUT2D eigenvalue weighted by Crippen LogP contribution is -1.88. The van der Waals surface area contributed by atoms with Gasteiger partial charge < -0.3 is 4.74 Å². The van der Waals surface area contributed by atoms with Crippen molar-refractivity contribution in [1.29, 1.82) is 5.26 Å². The SMILES string of the molecule is COc1ccc(C#N)cc1C#CCCCCl. The minimum Gasteiger partial charge on any atom is -0.495 e. The van der Waals surface area contributed by atoms with Gasteiger partial charge in [0.15, 0.2) is 0 Å². The first-order chi connectivity index (χ1) is 7.81. The van der Waals surface area contributed by atoms with E-state index in [0.717, 1.165) is 18.4 Å². The molecule has 1 aromatic rings. The Bertz CT molecular complexity index is 451. The predicted molar refractivity (Wildman–Crippen MR) is 64.5 cm³/mol. The van der Waals surface area contributed by atoms with Gasteiger partial charge in [-0.2, -0.15) is 5.26 Å². The molecule has 1 aromatic carbocycles. The van der Waals surface area contributed by atoms with Gasteiger partial charge in [-0.25, -0.2) is 0 Å². The highest BCUT2D eigenvalue weighted by molar-refractivity contribution is 6.17. The van der Waals surface area contributed by atoms with E-state index in [1.807, 2.05) is 0 Å². The van der Waals surface area contributed by atoms with Crippen LogP contribution in [-0.2, 0) is 0 Å². The van der Waals surface area contributed by atoms with Gasteiger partial charge in [0.2, 0.25) is 0 Å². The zero-order valence-corrected chi connectivity index (χ0v) is 9.84. The molecule has 0 aromatic heterocycles. The van der Waals surface area contributed by atoms with Crippen LogP contribution >= 0.6 is 11.6 Å². The molecule has 0 heterocycles. The molecule has 0 aliphatic heterocycles. The van der Waals surface area contributed by atoms with Crippen molar-refractivity contribution < 1.29 is 4.74 Å². The highest BCUT2D eigenvalue weighted by Gasteiger charge is 2.00. The van der Waals surface area contributed by atoms with Crippen molar-refractivity contribution in [3.8, 4) is 23.7 Å². The Morgan fingerprint density at radius 1 is 1.44 bits per heavy atom. The Balaban J connectivity index is 2.90. The maximum atomic E-state index is 8.78.